The summed E-state index contributed by atoms with van der Waals surface area (Å²) >= 11 is 3.39. The van der Waals surface area contributed by atoms with E-state index in [9.17, 15) is 9.59 Å². The van der Waals surface area contributed by atoms with Gasteiger partial charge in [0.1, 0.15) is 0 Å². The van der Waals surface area contributed by atoms with E-state index in [1.54, 1.807) is 0 Å². The van der Waals surface area contributed by atoms with Crippen LogP contribution in [-0.4, -0.2) is 23.7 Å². The van der Waals surface area contributed by atoms with Crippen LogP contribution in [0.4, 0.5) is 10.5 Å². The van der Waals surface area contributed by atoms with Crippen molar-refractivity contribution in [3.05, 3.63) is 39.9 Å². The molecular formula is C13H15BrN2O3. The molecule has 2 amide bonds. The minimum atomic E-state index is -1.04. The smallest absolute Gasteiger partial charge is 0.328 e. The lowest BCUT2D eigenvalue weighted by atomic mass is 10.1. The molecule has 0 heterocycles. The van der Waals surface area contributed by atoms with Gasteiger partial charge in [-0.05, 0) is 37.1 Å². The Hall–Kier alpha value is -1.82. The molecule has 0 aliphatic carbocycles. The molecule has 0 aliphatic rings. The number of hydrogen-bond acceptors (Lipinski definition) is 2. The average molecular weight is 327 g/mol. The summed E-state index contributed by atoms with van der Waals surface area (Å²) < 4.78 is 0.956. The fourth-order valence-electron chi connectivity index (χ4n) is 1.58. The van der Waals surface area contributed by atoms with E-state index in [-0.39, 0.29) is 12.6 Å². The summed E-state index contributed by atoms with van der Waals surface area (Å²) in [5.74, 6) is -1.04. The van der Waals surface area contributed by atoms with E-state index in [0.29, 0.717) is 0 Å². The molecule has 1 aromatic rings. The molecule has 1 aromatic carbocycles. The van der Waals surface area contributed by atoms with Gasteiger partial charge in [0.25, 0.3) is 0 Å². The highest BCUT2D eigenvalue weighted by atomic mass is 79.9. The molecule has 0 aliphatic heterocycles. The van der Waals surface area contributed by atoms with Crippen LogP contribution in [0.25, 0.3) is 0 Å². The van der Waals surface area contributed by atoms with Gasteiger partial charge in [-0.15, -0.1) is 0 Å². The van der Waals surface area contributed by atoms with Crippen molar-refractivity contribution >= 4 is 33.6 Å². The topological polar surface area (TPSA) is 78.4 Å². The highest BCUT2D eigenvalue weighted by Gasteiger charge is 2.07. The van der Waals surface area contributed by atoms with Gasteiger partial charge < -0.3 is 15.7 Å². The van der Waals surface area contributed by atoms with Crippen LogP contribution < -0.4 is 10.6 Å². The second kappa shape index (κ2) is 6.94. The van der Waals surface area contributed by atoms with Gasteiger partial charge in [0.15, 0.2) is 0 Å². The van der Waals surface area contributed by atoms with Gasteiger partial charge in [0.05, 0.1) is 0 Å². The van der Waals surface area contributed by atoms with Gasteiger partial charge in [-0.2, -0.15) is 0 Å². The second-order valence-corrected chi connectivity index (χ2v) is 4.91. The molecule has 0 saturated carbocycles. The minimum absolute atomic E-state index is 0.159. The maximum atomic E-state index is 11.6. The average Bonchev–Trinajstić information content (AvgIpc) is 2.29. The van der Waals surface area contributed by atoms with Crippen LogP contribution in [0.15, 0.2) is 28.8 Å². The number of aliphatic carboxylic acids is 1. The fraction of sp³-hybridized carbons (Fsp3) is 0.231. The van der Waals surface area contributed by atoms with Crippen LogP contribution in [0.2, 0.25) is 0 Å². The van der Waals surface area contributed by atoms with Gasteiger partial charge in [-0.3, -0.25) is 0 Å². The first-order chi connectivity index (χ1) is 8.90. The highest BCUT2D eigenvalue weighted by molar-refractivity contribution is 9.10. The molecule has 6 heteroatoms. The Kier molecular flexibility index (Phi) is 5.57. The Balaban J connectivity index is 2.60. The van der Waals surface area contributed by atoms with Crippen LogP contribution in [0, 0.1) is 13.8 Å². The third kappa shape index (κ3) is 5.13. The number of carboxylic acids is 1. The van der Waals surface area contributed by atoms with Crippen molar-refractivity contribution in [2.45, 2.75) is 13.8 Å². The van der Waals surface area contributed by atoms with E-state index in [4.69, 9.17) is 5.11 Å². The number of nitrogens with one attached hydrogen (secondary N) is 2. The Morgan fingerprint density at radius 1 is 1.32 bits per heavy atom. The third-order valence-electron chi connectivity index (χ3n) is 2.38. The maximum Gasteiger partial charge on any atom is 0.328 e. The van der Waals surface area contributed by atoms with Crippen molar-refractivity contribution in [2.75, 3.05) is 11.9 Å². The van der Waals surface area contributed by atoms with E-state index in [1.165, 1.54) is 6.08 Å². The molecular weight excluding hydrogens is 312 g/mol. The predicted octanol–water partition coefficient (Wildman–Crippen LogP) is 2.83. The van der Waals surface area contributed by atoms with Crippen LogP contribution in [-0.2, 0) is 4.79 Å². The molecule has 0 radical (unpaired) electrons. The summed E-state index contributed by atoms with van der Waals surface area (Å²) in [6.45, 7) is 3.96. The monoisotopic (exact) mass is 326 g/mol. The lowest BCUT2D eigenvalue weighted by Gasteiger charge is -2.12. The number of halogens is 1. The normalized spacial score (nSPS) is 10.5. The Morgan fingerprint density at radius 2 is 1.89 bits per heavy atom. The van der Waals surface area contributed by atoms with Crippen molar-refractivity contribution in [3.8, 4) is 0 Å². The number of rotatable bonds is 4. The number of anilines is 1. The quantitative estimate of drug-likeness (QED) is 0.744. The van der Waals surface area contributed by atoms with Crippen LogP contribution >= 0.6 is 15.9 Å². The van der Waals surface area contributed by atoms with Crippen LogP contribution in [0.3, 0.4) is 0 Å². The number of amides is 2. The zero-order valence-corrected chi connectivity index (χ0v) is 12.2. The zero-order valence-electron chi connectivity index (χ0n) is 10.7. The maximum absolute atomic E-state index is 11.6. The van der Waals surface area contributed by atoms with Crippen molar-refractivity contribution < 1.29 is 14.7 Å². The molecule has 0 saturated heterocycles. The first-order valence-electron chi connectivity index (χ1n) is 5.61. The number of hydrogen-bond donors (Lipinski definition) is 3. The van der Waals surface area contributed by atoms with Crippen molar-refractivity contribution in [1.29, 1.82) is 0 Å². The van der Waals surface area contributed by atoms with Crippen molar-refractivity contribution in [2.24, 2.45) is 0 Å². The Labute approximate surface area is 119 Å². The highest BCUT2D eigenvalue weighted by Crippen LogP contribution is 2.24. The Bertz CT molecular complexity index is 504. The van der Waals surface area contributed by atoms with Crippen LogP contribution in [0.1, 0.15) is 11.1 Å². The van der Waals surface area contributed by atoms with E-state index < -0.39 is 5.97 Å². The molecule has 0 unspecified atom stereocenters. The van der Waals surface area contributed by atoms with Gasteiger partial charge >= 0.3 is 12.0 Å². The summed E-state index contributed by atoms with van der Waals surface area (Å²) in [6, 6.07) is 3.45. The molecule has 0 fully saturated rings. The van der Waals surface area contributed by atoms with Gasteiger partial charge in [0.2, 0.25) is 0 Å². The largest absolute Gasteiger partial charge is 0.478 e. The zero-order chi connectivity index (χ0) is 14.4. The number of urea groups is 1. The number of carbonyl (C=O) groups excluding carboxylic acids is 1. The lowest BCUT2D eigenvalue weighted by Crippen LogP contribution is -2.29. The van der Waals surface area contributed by atoms with E-state index in [2.05, 4.69) is 26.6 Å². The second-order valence-electron chi connectivity index (χ2n) is 3.99. The fourth-order valence-corrected chi connectivity index (χ4v) is 2.26. The van der Waals surface area contributed by atoms with E-state index in [0.717, 1.165) is 27.4 Å². The summed E-state index contributed by atoms with van der Waals surface area (Å²) in [6.07, 6.45) is 2.35. The molecule has 19 heavy (non-hydrogen) atoms. The van der Waals surface area contributed by atoms with E-state index >= 15 is 0 Å². The van der Waals surface area contributed by atoms with Gasteiger partial charge in [0, 0.05) is 22.8 Å². The van der Waals surface area contributed by atoms with E-state index in [1.807, 2.05) is 26.0 Å². The SMILES string of the molecule is Cc1cc(Br)cc(C)c1NC(=O)NC/C=C/C(=O)O. The molecule has 5 nitrogen and oxygen atoms in total. The predicted molar refractivity (Wildman–Crippen MR) is 77.4 cm³/mol. The first-order valence-corrected chi connectivity index (χ1v) is 6.40. The molecule has 0 aromatic heterocycles. The lowest BCUT2D eigenvalue weighted by molar-refractivity contribution is -0.131. The summed E-state index contributed by atoms with van der Waals surface area (Å²) in [7, 11) is 0. The first kappa shape index (κ1) is 15.2. The standard InChI is InChI=1S/C13H15BrN2O3/c1-8-6-10(14)7-9(2)12(8)16-13(19)15-5-3-4-11(17)18/h3-4,6-7H,5H2,1-2H3,(H,17,18)(H2,15,16,19)/b4-3+. The summed E-state index contributed by atoms with van der Waals surface area (Å²) in [5.41, 5.74) is 2.65. The molecule has 102 valence electrons. The van der Waals surface area contributed by atoms with Crippen molar-refractivity contribution in [1.82, 2.24) is 5.32 Å². The molecule has 0 atom stereocenters. The molecule has 0 bridgehead atoms. The van der Waals surface area contributed by atoms with Gasteiger partial charge in [-0.25, -0.2) is 9.59 Å². The summed E-state index contributed by atoms with van der Waals surface area (Å²) in [5, 5.41) is 13.7. The molecule has 3 N–H and O–H groups in total. The van der Waals surface area contributed by atoms with Crippen LogP contribution in [0.5, 0.6) is 0 Å². The third-order valence-corrected chi connectivity index (χ3v) is 2.83. The Morgan fingerprint density at radius 3 is 2.42 bits per heavy atom. The molecule has 0 spiro atoms. The number of aryl methyl sites for hydroxylation is 2. The minimum Gasteiger partial charge on any atom is -0.478 e. The summed E-state index contributed by atoms with van der Waals surface area (Å²) in [4.78, 5) is 21.9. The van der Waals surface area contributed by atoms with Gasteiger partial charge in [-0.1, -0.05) is 22.0 Å². The molecule has 1 rings (SSSR count). The number of carbonyl (C=O) groups is 2. The number of benzene rings is 1. The number of carboxylic acid groups (broad SMARTS) is 1. The van der Waals surface area contributed by atoms with Crippen molar-refractivity contribution in [3.63, 3.8) is 0 Å².